The van der Waals surface area contributed by atoms with Crippen molar-refractivity contribution in [3.05, 3.63) is 49.1 Å². The number of likely N-dealkylation sites (N-methyl/N-ethyl adjacent to an activating group) is 1. The highest BCUT2D eigenvalue weighted by Gasteiger charge is 2.26. The van der Waals surface area contributed by atoms with Gasteiger partial charge in [0, 0.05) is 49.4 Å². The van der Waals surface area contributed by atoms with E-state index >= 15 is 0 Å². The number of benzene rings is 1. The van der Waals surface area contributed by atoms with Crippen LogP contribution in [0.4, 0.5) is 5.69 Å². The Morgan fingerprint density at radius 2 is 1.80 bits per heavy atom. The van der Waals surface area contributed by atoms with Crippen LogP contribution in [-0.2, 0) is 0 Å². The summed E-state index contributed by atoms with van der Waals surface area (Å²) in [6.07, 6.45) is 11.6. The molecule has 2 aliphatic rings. The number of anilines is 1. The number of rotatable bonds is 4. The molecule has 2 saturated heterocycles. The Kier molecular flexibility index (Phi) is 6.00. The Labute approximate surface area is 206 Å². The van der Waals surface area contributed by atoms with Crippen molar-refractivity contribution in [3.8, 4) is 16.9 Å². The summed E-state index contributed by atoms with van der Waals surface area (Å²) in [6, 6.07) is 8.68. The van der Waals surface area contributed by atoms with Gasteiger partial charge in [-0.15, -0.1) is 0 Å². The molecule has 5 heterocycles. The van der Waals surface area contributed by atoms with E-state index in [2.05, 4.69) is 38.0 Å². The van der Waals surface area contributed by atoms with E-state index in [0.29, 0.717) is 6.04 Å². The molecule has 6 rings (SSSR count). The molecule has 35 heavy (non-hydrogen) atoms. The Morgan fingerprint density at radius 1 is 0.914 bits per heavy atom. The van der Waals surface area contributed by atoms with Gasteiger partial charge in [-0.3, -0.25) is 9.88 Å². The van der Waals surface area contributed by atoms with Crippen LogP contribution in [0, 0.1) is 0 Å². The third kappa shape index (κ3) is 4.32. The number of hydrogen-bond donors (Lipinski definition) is 0. The molecule has 0 bridgehead atoms. The van der Waals surface area contributed by atoms with Gasteiger partial charge >= 0.3 is 0 Å². The lowest BCUT2D eigenvalue weighted by Crippen LogP contribution is -2.46. The number of fused-ring (bicyclic) bond motifs is 2. The first-order valence-electron chi connectivity index (χ1n) is 12.6. The molecule has 0 aliphatic carbocycles. The molecule has 0 amide bonds. The third-order valence-electron chi connectivity index (χ3n) is 7.68. The van der Waals surface area contributed by atoms with Crippen LogP contribution in [0.15, 0.2) is 49.1 Å². The van der Waals surface area contributed by atoms with Crippen molar-refractivity contribution in [2.75, 3.05) is 58.3 Å². The molecule has 0 spiro atoms. The fraction of sp³-hybridized carbons (Fsp3) is 0.444. The van der Waals surface area contributed by atoms with Crippen LogP contribution in [0.5, 0.6) is 5.75 Å². The lowest BCUT2D eigenvalue weighted by atomic mass is 10.0. The van der Waals surface area contributed by atoms with E-state index in [1.807, 2.05) is 47.4 Å². The summed E-state index contributed by atoms with van der Waals surface area (Å²) in [5.74, 6) is 0.814. The average molecular weight is 472 g/mol. The molecule has 0 N–H and O–H groups in total. The maximum absolute atomic E-state index is 5.45. The highest BCUT2D eigenvalue weighted by atomic mass is 16.5. The maximum Gasteiger partial charge on any atom is 0.162 e. The van der Waals surface area contributed by atoms with Gasteiger partial charge in [0.05, 0.1) is 36.9 Å². The minimum atomic E-state index is 0.697. The monoisotopic (exact) mass is 471 g/mol. The molecule has 8 nitrogen and oxygen atoms in total. The van der Waals surface area contributed by atoms with E-state index in [0.717, 1.165) is 52.2 Å². The predicted molar refractivity (Wildman–Crippen MR) is 139 cm³/mol. The van der Waals surface area contributed by atoms with Crippen LogP contribution in [0.2, 0.25) is 0 Å². The molecule has 0 unspecified atom stereocenters. The van der Waals surface area contributed by atoms with Gasteiger partial charge in [0.1, 0.15) is 5.75 Å². The van der Waals surface area contributed by atoms with Gasteiger partial charge in [-0.25, -0.2) is 9.50 Å². The minimum Gasteiger partial charge on any atom is -0.497 e. The van der Waals surface area contributed by atoms with Gasteiger partial charge in [0.15, 0.2) is 5.65 Å². The molecule has 2 fully saturated rings. The van der Waals surface area contributed by atoms with Crippen LogP contribution in [0.3, 0.4) is 0 Å². The normalized spacial score (nSPS) is 18.9. The fourth-order valence-corrected chi connectivity index (χ4v) is 5.63. The first-order valence-corrected chi connectivity index (χ1v) is 12.6. The van der Waals surface area contributed by atoms with E-state index in [4.69, 9.17) is 9.72 Å². The van der Waals surface area contributed by atoms with Crippen molar-refractivity contribution >= 4 is 22.2 Å². The van der Waals surface area contributed by atoms with Gasteiger partial charge in [0.25, 0.3) is 0 Å². The summed E-state index contributed by atoms with van der Waals surface area (Å²) < 4.78 is 7.36. The molecule has 4 aromatic rings. The lowest BCUT2D eigenvalue weighted by molar-refractivity contribution is 0.174. The van der Waals surface area contributed by atoms with E-state index < -0.39 is 0 Å². The number of hydrogen-bond acceptors (Lipinski definition) is 7. The largest absolute Gasteiger partial charge is 0.497 e. The number of pyridine rings is 1. The number of nitrogens with zero attached hydrogens (tertiary/aromatic N) is 7. The highest BCUT2D eigenvalue weighted by molar-refractivity contribution is 5.98. The van der Waals surface area contributed by atoms with Gasteiger partial charge in [0.2, 0.25) is 0 Å². The van der Waals surface area contributed by atoms with E-state index in [1.165, 1.54) is 45.4 Å². The lowest BCUT2D eigenvalue weighted by Gasteiger charge is -2.39. The second kappa shape index (κ2) is 9.43. The first kappa shape index (κ1) is 22.2. The van der Waals surface area contributed by atoms with Crippen molar-refractivity contribution in [1.82, 2.24) is 29.4 Å². The standard InChI is InChI=1S/C27H33N7O/c1-31-10-3-11-32(15-14-31)20-7-12-33(13-8-20)21-17-29-27-25(18-30-34(27)19-21)23-6-9-28-26-5-4-22(35-2)16-24(23)26/h4-6,9,16-20H,3,7-8,10-15H2,1-2H3. The molecule has 182 valence electrons. The summed E-state index contributed by atoms with van der Waals surface area (Å²) in [4.78, 5) is 17.0. The summed E-state index contributed by atoms with van der Waals surface area (Å²) in [6.45, 7) is 6.95. The predicted octanol–water partition coefficient (Wildman–Crippen LogP) is 3.56. The molecular formula is C27H33N7O. The van der Waals surface area contributed by atoms with Gasteiger partial charge < -0.3 is 14.5 Å². The van der Waals surface area contributed by atoms with E-state index in [9.17, 15) is 0 Å². The zero-order chi connectivity index (χ0) is 23.8. The Morgan fingerprint density at radius 3 is 2.66 bits per heavy atom. The highest BCUT2D eigenvalue weighted by Crippen LogP contribution is 2.33. The Balaban J connectivity index is 1.22. The van der Waals surface area contributed by atoms with Crippen molar-refractivity contribution in [3.63, 3.8) is 0 Å². The molecule has 0 saturated carbocycles. The van der Waals surface area contributed by atoms with Crippen LogP contribution in [-0.4, -0.2) is 88.8 Å². The molecule has 0 atom stereocenters. The van der Waals surface area contributed by atoms with Crippen molar-refractivity contribution < 1.29 is 4.74 Å². The molecule has 2 aliphatic heterocycles. The summed E-state index contributed by atoms with van der Waals surface area (Å²) in [7, 11) is 3.93. The van der Waals surface area contributed by atoms with Crippen LogP contribution in [0.25, 0.3) is 27.7 Å². The zero-order valence-corrected chi connectivity index (χ0v) is 20.6. The van der Waals surface area contributed by atoms with Crippen molar-refractivity contribution in [2.24, 2.45) is 0 Å². The number of aromatic nitrogens is 4. The summed E-state index contributed by atoms with van der Waals surface area (Å²) >= 11 is 0. The van der Waals surface area contributed by atoms with Crippen LogP contribution < -0.4 is 9.64 Å². The van der Waals surface area contributed by atoms with Crippen LogP contribution >= 0.6 is 0 Å². The van der Waals surface area contributed by atoms with Crippen molar-refractivity contribution in [1.29, 1.82) is 0 Å². The van der Waals surface area contributed by atoms with Gasteiger partial charge in [-0.2, -0.15) is 5.10 Å². The molecule has 3 aromatic heterocycles. The summed E-state index contributed by atoms with van der Waals surface area (Å²) in [5, 5.41) is 5.71. The zero-order valence-electron chi connectivity index (χ0n) is 20.6. The third-order valence-corrected chi connectivity index (χ3v) is 7.68. The topological polar surface area (TPSA) is 62.0 Å². The quantitative estimate of drug-likeness (QED) is 0.451. The van der Waals surface area contributed by atoms with Crippen molar-refractivity contribution in [2.45, 2.75) is 25.3 Å². The Hall–Kier alpha value is -3.23. The molecule has 1 aromatic carbocycles. The minimum absolute atomic E-state index is 0.697. The smallest absolute Gasteiger partial charge is 0.162 e. The number of methoxy groups -OCH3 is 1. The molecule has 0 radical (unpaired) electrons. The van der Waals surface area contributed by atoms with Gasteiger partial charge in [-0.1, -0.05) is 0 Å². The first-order chi connectivity index (χ1) is 17.2. The SMILES string of the molecule is COc1ccc2nccc(-c3cnn4cc(N5CCC(N6CCCN(C)CC6)CC5)cnc34)c2c1. The number of ether oxygens (including phenoxy) is 1. The summed E-state index contributed by atoms with van der Waals surface area (Å²) in [5.41, 5.74) is 4.99. The Bertz CT molecular complexity index is 1330. The van der Waals surface area contributed by atoms with Gasteiger partial charge in [-0.05, 0) is 69.2 Å². The molecular weight excluding hydrogens is 438 g/mol. The van der Waals surface area contributed by atoms with E-state index in [1.54, 1.807) is 7.11 Å². The second-order valence-electron chi connectivity index (χ2n) is 9.79. The maximum atomic E-state index is 5.45. The van der Waals surface area contributed by atoms with E-state index in [-0.39, 0.29) is 0 Å². The second-order valence-corrected chi connectivity index (χ2v) is 9.79. The average Bonchev–Trinajstić information content (AvgIpc) is 3.20. The van der Waals surface area contributed by atoms with Crippen LogP contribution in [0.1, 0.15) is 19.3 Å². The fourth-order valence-electron chi connectivity index (χ4n) is 5.63. The number of piperidine rings is 1. The molecule has 8 heteroatoms.